The number of hydrogen-bond donors (Lipinski definition) is 1. The lowest BCUT2D eigenvalue weighted by atomic mass is 10.1. The Labute approximate surface area is 109 Å². The maximum atomic E-state index is 11.6. The molecule has 0 aliphatic heterocycles. The van der Waals surface area contributed by atoms with Gasteiger partial charge in [-0.05, 0) is 17.7 Å². The largest absolute Gasteiger partial charge is 0.383 e. The minimum Gasteiger partial charge on any atom is -0.383 e. The number of anilines is 1. The second kappa shape index (κ2) is 5.34. The summed E-state index contributed by atoms with van der Waals surface area (Å²) in [5, 5.41) is 13.6. The van der Waals surface area contributed by atoms with Gasteiger partial charge in [0.15, 0.2) is 0 Å². The molecule has 0 aliphatic rings. The van der Waals surface area contributed by atoms with Gasteiger partial charge in [0, 0.05) is 25.4 Å². The molecule has 1 N–H and O–H groups in total. The molecular formula is C13H13N3O3. The first-order chi connectivity index (χ1) is 9.11. The van der Waals surface area contributed by atoms with Crippen LogP contribution in [0.3, 0.4) is 0 Å². The summed E-state index contributed by atoms with van der Waals surface area (Å²) in [5.74, 6) is 0. The molecule has 0 saturated heterocycles. The predicted octanol–water partition coefficient (Wildman–Crippen LogP) is 1.85. The Hall–Kier alpha value is -2.63. The lowest BCUT2D eigenvalue weighted by molar-refractivity contribution is -0.383. The van der Waals surface area contributed by atoms with Gasteiger partial charge in [-0.25, -0.2) is 0 Å². The van der Waals surface area contributed by atoms with Gasteiger partial charge in [0.2, 0.25) is 0 Å². The second-order valence-electron chi connectivity index (χ2n) is 4.03. The van der Waals surface area contributed by atoms with Crippen molar-refractivity contribution in [2.24, 2.45) is 0 Å². The van der Waals surface area contributed by atoms with E-state index in [2.05, 4.69) is 5.32 Å². The second-order valence-corrected chi connectivity index (χ2v) is 4.03. The molecule has 98 valence electrons. The molecule has 0 radical (unpaired) electrons. The van der Waals surface area contributed by atoms with Crippen LogP contribution < -0.4 is 10.9 Å². The normalized spacial score (nSPS) is 10.2. The zero-order chi connectivity index (χ0) is 13.8. The number of benzene rings is 1. The summed E-state index contributed by atoms with van der Waals surface area (Å²) in [6.45, 7) is 0.381. The topological polar surface area (TPSA) is 77.2 Å². The molecule has 2 rings (SSSR count). The van der Waals surface area contributed by atoms with Gasteiger partial charge in [-0.2, -0.15) is 0 Å². The monoisotopic (exact) mass is 259 g/mol. The highest BCUT2D eigenvalue weighted by atomic mass is 16.6. The standard InChI is InChI=1S/C13H13N3O3/c1-14-11-8-10(5-6-12(11)16(18)19)9-15-7-3-2-4-13(15)17/h2-8,14H,9H2,1H3. The number of nitro benzene ring substituents is 1. The first kappa shape index (κ1) is 12.8. The van der Waals surface area contributed by atoms with Crippen molar-refractivity contribution in [1.82, 2.24) is 4.57 Å². The lowest BCUT2D eigenvalue weighted by Crippen LogP contribution is -2.18. The first-order valence-corrected chi connectivity index (χ1v) is 5.72. The van der Waals surface area contributed by atoms with E-state index in [1.54, 1.807) is 42.1 Å². The molecule has 0 saturated carbocycles. The number of aromatic nitrogens is 1. The molecule has 0 atom stereocenters. The van der Waals surface area contributed by atoms with Gasteiger partial charge < -0.3 is 9.88 Å². The fourth-order valence-corrected chi connectivity index (χ4v) is 1.83. The number of nitrogens with one attached hydrogen (secondary N) is 1. The summed E-state index contributed by atoms with van der Waals surface area (Å²) < 4.78 is 1.54. The van der Waals surface area contributed by atoms with E-state index in [9.17, 15) is 14.9 Å². The van der Waals surface area contributed by atoms with Crippen LogP contribution in [-0.4, -0.2) is 16.5 Å². The van der Waals surface area contributed by atoms with Crippen LogP contribution in [0.5, 0.6) is 0 Å². The molecule has 1 aromatic heterocycles. The Morgan fingerprint density at radius 2 is 2.11 bits per heavy atom. The van der Waals surface area contributed by atoms with Crippen LogP contribution in [-0.2, 0) is 6.54 Å². The summed E-state index contributed by atoms with van der Waals surface area (Å²) in [5.41, 5.74) is 1.17. The highest BCUT2D eigenvalue weighted by Crippen LogP contribution is 2.25. The number of pyridine rings is 1. The fraction of sp³-hybridized carbons (Fsp3) is 0.154. The van der Waals surface area contributed by atoms with E-state index in [1.165, 1.54) is 12.1 Å². The van der Waals surface area contributed by atoms with Crippen molar-refractivity contribution < 1.29 is 4.92 Å². The number of nitro groups is 1. The summed E-state index contributed by atoms with van der Waals surface area (Å²) in [4.78, 5) is 22.0. The SMILES string of the molecule is CNc1cc(Cn2ccccc2=O)ccc1[N+](=O)[O-]. The molecule has 0 fully saturated rings. The minimum absolute atomic E-state index is 0.0201. The van der Waals surface area contributed by atoms with Crippen molar-refractivity contribution in [3.63, 3.8) is 0 Å². The average Bonchev–Trinajstić information content (AvgIpc) is 2.41. The van der Waals surface area contributed by atoms with Gasteiger partial charge >= 0.3 is 0 Å². The van der Waals surface area contributed by atoms with Crippen molar-refractivity contribution in [3.8, 4) is 0 Å². The van der Waals surface area contributed by atoms with Gasteiger partial charge in [-0.3, -0.25) is 14.9 Å². The van der Waals surface area contributed by atoms with E-state index in [0.717, 1.165) is 5.56 Å². The molecule has 6 heteroatoms. The minimum atomic E-state index is -0.440. The van der Waals surface area contributed by atoms with Gasteiger partial charge in [-0.15, -0.1) is 0 Å². The number of rotatable bonds is 4. The Balaban J connectivity index is 2.35. The summed E-state index contributed by atoms with van der Waals surface area (Å²) in [7, 11) is 1.63. The molecule has 1 aromatic carbocycles. The Bertz CT molecular complexity index is 664. The highest BCUT2D eigenvalue weighted by Gasteiger charge is 2.12. The molecule has 0 unspecified atom stereocenters. The van der Waals surface area contributed by atoms with E-state index in [4.69, 9.17) is 0 Å². The van der Waals surface area contributed by atoms with Crippen LogP contribution in [0, 0.1) is 10.1 Å². The number of nitrogens with zero attached hydrogens (tertiary/aromatic N) is 2. The molecular weight excluding hydrogens is 246 g/mol. The van der Waals surface area contributed by atoms with Crippen LogP contribution in [0.1, 0.15) is 5.56 Å². The summed E-state index contributed by atoms with van der Waals surface area (Å²) in [6.07, 6.45) is 1.68. The Morgan fingerprint density at radius 1 is 1.32 bits per heavy atom. The maximum absolute atomic E-state index is 11.6. The van der Waals surface area contributed by atoms with Crippen LogP contribution in [0.15, 0.2) is 47.4 Å². The zero-order valence-electron chi connectivity index (χ0n) is 10.4. The van der Waals surface area contributed by atoms with Gasteiger partial charge in [0.1, 0.15) is 5.69 Å². The summed E-state index contributed by atoms with van der Waals surface area (Å²) >= 11 is 0. The van der Waals surface area contributed by atoms with Crippen molar-refractivity contribution >= 4 is 11.4 Å². The molecule has 0 spiro atoms. The number of hydrogen-bond acceptors (Lipinski definition) is 4. The van der Waals surface area contributed by atoms with E-state index >= 15 is 0 Å². The summed E-state index contributed by atoms with van der Waals surface area (Å²) in [6, 6.07) is 9.69. The lowest BCUT2D eigenvalue weighted by Gasteiger charge is -2.08. The zero-order valence-corrected chi connectivity index (χ0v) is 10.4. The van der Waals surface area contributed by atoms with E-state index in [-0.39, 0.29) is 11.2 Å². The van der Waals surface area contributed by atoms with E-state index in [0.29, 0.717) is 12.2 Å². The van der Waals surface area contributed by atoms with E-state index in [1.807, 2.05) is 0 Å². The molecule has 19 heavy (non-hydrogen) atoms. The van der Waals surface area contributed by atoms with E-state index < -0.39 is 4.92 Å². The predicted molar refractivity (Wildman–Crippen MR) is 72.4 cm³/mol. The third kappa shape index (κ3) is 2.79. The van der Waals surface area contributed by atoms with Crippen LogP contribution >= 0.6 is 0 Å². The van der Waals surface area contributed by atoms with Crippen molar-refractivity contribution in [1.29, 1.82) is 0 Å². The van der Waals surface area contributed by atoms with Gasteiger partial charge in [-0.1, -0.05) is 12.1 Å². The third-order valence-electron chi connectivity index (χ3n) is 2.78. The first-order valence-electron chi connectivity index (χ1n) is 5.72. The molecule has 0 bridgehead atoms. The molecule has 0 aliphatic carbocycles. The van der Waals surface area contributed by atoms with Gasteiger partial charge in [0.05, 0.1) is 11.5 Å². The van der Waals surface area contributed by atoms with Crippen molar-refractivity contribution in [2.75, 3.05) is 12.4 Å². The van der Waals surface area contributed by atoms with Crippen molar-refractivity contribution in [2.45, 2.75) is 6.54 Å². The maximum Gasteiger partial charge on any atom is 0.292 e. The Kier molecular flexibility index (Phi) is 3.61. The third-order valence-corrected chi connectivity index (χ3v) is 2.78. The van der Waals surface area contributed by atoms with Crippen molar-refractivity contribution in [3.05, 3.63) is 68.6 Å². The smallest absolute Gasteiger partial charge is 0.292 e. The highest BCUT2D eigenvalue weighted by molar-refractivity contribution is 5.62. The van der Waals surface area contributed by atoms with Gasteiger partial charge in [0.25, 0.3) is 11.2 Å². The molecule has 0 amide bonds. The molecule has 1 heterocycles. The van der Waals surface area contributed by atoms with Crippen LogP contribution in [0.4, 0.5) is 11.4 Å². The van der Waals surface area contributed by atoms with Crippen LogP contribution in [0.2, 0.25) is 0 Å². The Morgan fingerprint density at radius 3 is 2.74 bits per heavy atom. The average molecular weight is 259 g/mol. The quantitative estimate of drug-likeness (QED) is 0.671. The molecule has 6 nitrogen and oxygen atoms in total. The van der Waals surface area contributed by atoms with Crippen LogP contribution in [0.25, 0.3) is 0 Å². The molecule has 2 aromatic rings. The fourth-order valence-electron chi connectivity index (χ4n) is 1.83.